The molecule has 1 aliphatic heterocycles. The fraction of sp³-hybridized carbons (Fsp3) is 0.400. The zero-order valence-electron chi connectivity index (χ0n) is 15.4. The van der Waals surface area contributed by atoms with E-state index in [0.29, 0.717) is 12.1 Å². The van der Waals surface area contributed by atoms with Crippen molar-refractivity contribution in [3.05, 3.63) is 65.7 Å². The van der Waals surface area contributed by atoms with E-state index in [1.165, 1.54) is 12.1 Å². The first-order chi connectivity index (χ1) is 13.1. The number of aryl methyl sites for hydroxylation is 1. The average Bonchev–Trinajstić information content (AvgIpc) is 3.05. The molecule has 152 valence electrons. The van der Waals surface area contributed by atoms with Crippen molar-refractivity contribution in [2.24, 2.45) is 5.41 Å². The van der Waals surface area contributed by atoms with Crippen LogP contribution in [0.25, 0.3) is 0 Å². The number of rotatable bonds is 6. The van der Waals surface area contributed by atoms with Gasteiger partial charge in [-0.1, -0.05) is 48.5 Å². The molecule has 0 radical (unpaired) electrons. The summed E-state index contributed by atoms with van der Waals surface area (Å²) in [6.45, 7) is 0.964. The van der Waals surface area contributed by atoms with Gasteiger partial charge >= 0.3 is 6.18 Å². The molecule has 1 heterocycles. The van der Waals surface area contributed by atoms with E-state index in [4.69, 9.17) is 4.18 Å². The van der Waals surface area contributed by atoms with Crippen LogP contribution >= 0.6 is 0 Å². The number of hydrogen-bond donors (Lipinski definition) is 0. The Kier molecular flexibility index (Phi) is 5.84. The summed E-state index contributed by atoms with van der Waals surface area (Å²) in [5.74, 6) is 0. The van der Waals surface area contributed by atoms with Gasteiger partial charge in [0.2, 0.25) is 0 Å². The fourth-order valence-electron chi connectivity index (χ4n) is 3.46. The van der Waals surface area contributed by atoms with Crippen molar-refractivity contribution in [2.45, 2.75) is 31.0 Å². The zero-order valence-corrected chi connectivity index (χ0v) is 16.3. The maximum Gasteiger partial charge on any atom is 0.398 e. The number of benzene rings is 2. The Bertz CT molecular complexity index is 916. The highest BCUT2D eigenvalue weighted by molar-refractivity contribution is 7.86. The van der Waals surface area contributed by atoms with Crippen molar-refractivity contribution in [1.29, 1.82) is 0 Å². The molecule has 2 aromatic rings. The highest BCUT2D eigenvalue weighted by Crippen LogP contribution is 2.46. The predicted molar refractivity (Wildman–Crippen MR) is 99.1 cm³/mol. The second-order valence-corrected chi connectivity index (χ2v) is 8.79. The lowest BCUT2D eigenvalue weighted by Crippen LogP contribution is -2.44. The minimum absolute atomic E-state index is 0.105. The van der Waals surface area contributed by atoms with Gasteiger partial charge in [-0.2, -0.15) is 21.6 Å². The monoisotopic (exact) mass is 413 g/mol. The summed E-state index contributed by atoms with van der Waals surface area (Å²) >= 11 is 0. The van der Waals surface area contributed by atoms with Gasteiger partial charge in [0, 0.05) is 13.1 Å². The fourth-order valence-corrected chi connectivity index (χ4v) is 4.67. The van der Waals surface area contributed by atoms with E-state index in [9.17, 15) is 21.6 Å². The van der Waals surface area contributed by atoms with Gasteiger partial charge in [-0.05, 0) is 37.1 Å². The molecule has 2 aromatic carbocycles. The van der Waals surface area contributed by atoms with E-state index in [0.717, 1.165) is 5.56 Å². The second-order valence-electron chi connectivity index (χ2n) is 7.21. The van der Waals surface area contributed by atoms with E-state index in [-0.39, 0.29) is 24.4 Å². The third kappa shape index (κ3) is 4.39. The van der Waals surface area contributed by atoms with E-state index in [2.05, 4.69) is 0 Å². The molecule has 0 aliphatic carbocycles. The van der Waals surface area contributed by atoms with Crippen molar-refractivity contribution in [2.75, 3.05) is 19.7 Å². The van der Waals surface area contributed by atoms with Crippen molar-refractivity contribution >= 4 is 10.1 Å². The number of halogens is 3. The molecular weight excluding hydrogens is 391 g/mol. The van der Waals surface area contributed by atoms with Crippen molar-refractivity contribution in [3.63, 3.8) is 0 Å². The van der Waals surface area contributed by atoms with E-state index >= 15 is 0 Å². The van der Waals surface area contributed by atoms with Gasteiger partial charge < -0.3 is 0 Å². The quantitative estimate of drug-likeness (QED) is 0.668. The Balaban J connectivity index is 1.76. The van der Waals surface area contributed by atoms with Gasteiger partial charge in [0.15, 0.2) is 0 Å². The van der Waals surface area contributed by atoms with Crippen LogP contribution in [0.15, 0.2) is 59.5 Å². The first-order valence-electron chi connectivity index (χ1n) is 8.91. The minimum atomic E-state index is -4.57. The van der Waals surface area contributed by atoms with E-state index in [1.54, 1.807) is 24.0 Å². The maximum atomic E-state index is 13.9. The Morgan fingerprint density at radius 3 is 2.36 bits per heavy atom. The Labute approximate surface area is 163 Å². The number of likely N-dealkylation sites (tertiary alicyclic amines) is 1. The minimum Gasteiger partial charge on any atom is -0.298 e. The molecule has 1 saturated heterocycles. The van der Waals surface area contributed by atoms with Crippen LogP contribution in [0.3, 0.4) is 0 Å². The molecule has 1 unspecified atom stereocenters. The van der Waals surface area contributed by atoms with Crippen LogP contribution in [0.2, 0.25) is 0 Å². The largest absolute Gasteiger partial charge is 0.398 e. The van der Waals surface area contributed by atoms with Gasteiger partial charge in [0.1, 0.15) is 5.41 Å². The molecule has 28 heavy (non-hydrogen) atoms. The summed E-state index contributed by atoms with van der Waals surface area (Å²) in [6, 6.07) is 15.3. The standard InChI is InChI=1S/C20H22F3NO3S/c1-16-7-5-6-10-18(16)28(25,26)27-15-19(20(21,22)23)11-12-24(14-19)13-17-8-3-2-4-9-17/h2-10H,11-15H2,1H3. The molecule has 0 amide bonds. The maximum absolute atomic E-state index is 13.9. The molecular formula is C20H22F3NO3S. The van der Waals surface area contributed by atoms with Crippen LogP contribution in [0.5, 0.6) is 0 Å². The van der Waals surface area contributed by atoms with Gasteiger partial charge in [0.05, 0.1) is 11.5 Å². The van der Waals surface area contributed by atoms with Crippen LogP contribution < -0.4 is 0 Å². The number of nitrogens with zero attached hydrogens (tertiary/aromatic N) is 1. The lowest BCUT2D eigenvalue weighted by molar-refractivity contribution is -0.227. The van der Waals surface area contributed by atoms with Gasteiger partial charge in [-0.15, -0.1) is 0 Å². The van der Waals surface area contributed by atoms with E-state index in [1.807, 2.05) is 30.3 Å². The van der Waals surface area contributed by atoms with Crippen molar-refractivity contribution in [3.8, 4) is 0 Å². The van der Waals surface area contributed by atoms with Gasteiger partial charge in [-0.3, -0.25) is 9.08 Å². The van der Waals surface area contributed by atoms with Crippen molar-refractivity contribution in [1.82, 2.24) is 4.90 Å². The van der Waals surface area contributed by atoms with Gasteiger partial charge in [0.25, 0.3) is 10.1 Å². The molecule has 8 heteroatoms. The lowest BCUT2D eigenvalue weighted by Gasteiger charge is -2.31. The van der Waals surface area contributed by atoms with Crippen LogP contribution in [0.4, 0.5) is 13.2 Å². The molecule has 1 atom stereocenters. The van der Waals surface area contributed by atoms with Crippen molar-refractivity contribution < 1.29 is 25.8 Å². The molecule has 1 fully saturated rings. The first kappa shape index (κ1) is 20.8. The smallest absolute Gasteiger partial charge is 0.298 e. The third-order valence-electron chi connectivity index (χ3n) is 5.14. The SMILES string of the molecule is Cc1ccccc1S(=O)(=O)OCC1(C(F)(F)F)CCN(Cc2ccccc2)C1. The summed E-state index contributed by atoms with van der Waals surface area (Å²) in [4.78, 5) is 1.58. The van der Waals surface area contributed by atoms with E-state index < -0.39 is 28.3 Å². The summed E-state index contributed by atoms with van der Waals surface area (Å²) in [7, 11) is -4.27. The molecule has 0 saturated carbocycles. The summed E-state index contributed by atoms with van der Waals surface area (Å²) < 4.78 is 71.5. The second kappa shape index (κ2) is 7.85. The molecule has 3 rings (SSSR count). The average molecular weight is 413 g/mol. The Morgan fingerprint density at radius 2 is 1.71 bits per heavy atom. The summed E-state index contributed by atoms with van der Waals surface area (Å²) in [5, 5.41) is 0. The van der Waals surface area contributed by atoms with Crippen LogP contribution in [-0.4, -0.2) is 39.2 Å². The summed E-state index contributed by atoms with van der Waals surface area (Å²) in [6.07, 6.45) is -4.77. The lowest BCUT2D eigenvalue weighted by atomic mass is 9.87. The Morgan fingerprint density at radius 1 is 1.07 bits per heavy atom. The normalized spacial score (nSPS) is 21.1. The predicted octanol–water partition coefficient (Wildman–Crippen LogP) is 4.15. The molecule has 0 spiro atoms. The summed E-state index contributed by atoms with van der Waals surface area (Å²) in [5.41, 5.74) is -0.869. The zero-order chi connectivity index (χ0) is 20.4. The number of alkyl halides is 3. The molecule has 4 nitrogen and oxygen atoms in total. The highest BCUT2D eigenvalue weighted by atomic mass is 32.2. The molecule has 0 bridgehead atoms. The van der Waals surface area contributed by atoms with Crippen LogP contribution in [0.1, 0.15) is 17.5 Å². The highest BCUT2D eigenvalue weighted by Gasteiger charge is 2.58. The third-order valence-corrected chi connectivity index (χ3v) is 6.56. The Hall–Kier alpha value is -1.90. The number of hydrogen-bond acceptors (Lipinski definition) is 4. The first-order valence-corrected chi connectivity index (χ1v) is 10.3. The van der Waals surface area contributed by atoms with Crippen LogP contribution in [-0.2, 0) is 20.8 Å². The topological polar surface area (TPSA) is 46.6 Å². The molecule has 0 aromatic heterocycles. The van der Waals surface area contributed by atoms with Crippen LogP contribution in [0, 0.1) is 12.3 Å². The van der Waals surface area contributed by atoms with Gasteiger partial charge in [-0.25, -0.2) is 0 Å². The molecule has 1 aliphatic rings. The molecule has 0 N–H and O–H groups in total.